The fourth-order valence-electron chi connectivity index (χ4n) is 2.53. The van der Waals surface area contributed by atoms with Gasteiger partial charge in [-0.3, -0.25) is 0 Å². The summed E-state index contributed by atoms with van der Waals surface area (Å²) in [4.78, 5) is 0. The average molecular weight is 239 g/mol. The first-order chi connectivity index (χ1) is 8.36. The minimum atomic E-state index is 0.817. The van der Waals surface area contributed by atoms with Crippen molar-refractivity contribution in [1.82, 2.24) is 5.32 Å². The average Bonchev–Trinajstić information content (AvgIpc) is 3.15. The molecule has 1 aliphatic rings. The molecule has 17 heavy (non-hydrogen) atoms. The summed E-state index contributed by atoms with van der Waals surface area (Å²) in [6.07, 6.45) is 15.7. The third-order valence-electron chi connectivity index (χ3n) is 3.96. The van der Waals surface area contributed by atoms with Crippen molar-refractivity contribution in [3.8, 4) is 0 Å². The minimum Gasteiger partial charge on any atom is -0.314 e. The van der Waals surface area contributed by atoms with Crippen molar-refractivity contribution >= 4 is 0 Å². The van der Waals surface area contributed by atoms with Crippen LogP contribution in [0.15, 0.2) is 0 Å². The number of nitrogens with one attached hydrogen (secondary N) is 1. The van der Waals surface area contributed by atoms with Crippen LogP contribution < -0.4 is 5.32 Å². The van der Waals surface area contributed by atoms with Crippen molar-refractivity contribution in [2.24, 2.45) is 5.92 Å². The van der Waals surface area contributed by atoms with E-state index < -0.39 is 0 Å². The molecule has 1 aliphatic carbocycles. The summed E-state index contributed by atoms with van der Waals surface area (Å²) in [6.45, 7) is 5.78. The molecule has 0 aromatic carbocycles. The summed E-state index contributed by atoms with van der Waals surface area (Å²) in [5.41, 5.74) is 0. The molecule has 1 heteroatoms. The van der Waals surface area contributed by atoms with Crippen molar-refractivity contribution in [3.63, 3.8) is 0 Å². The van der Waals surface area contributed by atoms with Gasteiger partial charge in [-0.1, -0.05) is 58.8 Å². The van der Waals surface area contributed by atoms with Crippen LogP contribution in [0.5, 0.6) is 0 Å². The van der Waals surface area contributed by atoms with Gasteiger partial charge in [-0.25, -0.2) is 0 Å². The normalized spacial score (nSPS) is 17.3. The highest BCUT2D eigenvalue weighted by molar-refractivity contribution is 4.76. The molecule has 0 heterocycles. The van der Waals surface area contributed by atoms with Crippen molar-refractivity contribution in [1.29, 1.82) is 0 Å². The Bertz CT molecular complexity index is 163. The van der Waals surface area contributed by atoms with Crippen LogP contribution in [-0.4, -0.2) is 12.6 Å². The van der Waals surface area contributed by atoms with Crippen LogP contribution in [0.3, 0.4) is 0 Å². The number of hydrogen-bond donors (Lipinski definition) is 1. The molecule has 0 aromatic rings. The topological polar surface area (TPSA) is 12.0 Å². The van der Waals surface area contributed by atoms with E-state index in [2.05, 4.69) is 19.2 Å². The van der Waals surface area contributed by atoms with E-state index in [4.69, 9.17) is 0 Å². The van der Waals surface area contributed by atoms with E-state index in [0.717, 1.165) is 12.0 Å². The molecule has 1 atom stereocenters. The molecule has 1 saturated carbocycles. The Labute approximate surface area is 109 Å². The molecule has 0 radical (unpaired) electrons. The molecule has 1 unspecified atom stereocenters. The summed E-state index contributed by atoms with van der Waals surface area (Å²) in [6, 6.07) is 0.817. The Balaban J connectivity index is 2.01. The van der Waals surface area contributed by atoms with Gasteiger partial charge in [-0.2, -0.15) is 0 Å². The van der Waals surface area contributed by atoms with Gasteiger partial charge in [0.15, 0.2) is 0 Å². The predicted molar refractivity (Wildman–Crippen MR) is 77.4 cm³/mol. The molecule has 0 saturated heterocycles. The predicted octanol–water partition coefficient (Wildman–Crippen LogP) is 4.91. The molecule has 1 rings (SSSR count). The lowest BCUT2D eigenvalue weighted by Gasteiger charge is -2.18. The molecule has 0 spiro atoms. The van der Waals surface area contributed by atoms with Gasteiger partial charge < -0.3 is 5.32 Å². The molecule has 1 N–H and O–H groups in total. The second-order valence-corrected chi connectivity index (χ2v) is 5.87. The molecule has 0 aliphatic heterocycles. The third kappa shape index (κ3) is 8.65. The summed E-state index contributed by atoms with van der Waals surface area (Å²) in [5, 5.41) is 3.74. The van der Waals surface area contributed by atoms with Crippen molar-refractivity contribution in [2.45, 2.75) is 90.5 Å². The highest BCUT2D eigenvalue weighted by atomic mass is 14.9. The molecular formula is C16H33N. The van der Waals surface area contributed by atoms with Crippen LogP contribution in [0.2, 0.25) is 0 Å². The van der Waals surface area contributed by atoms with Gasteiger partial charge in [-0.05, 0) is 38.1 Å². The molecular weight excluding hydrogens is 206 g/mol. The van der Waals surface area contributed by atoms with Crippen LogP contribution >= 0.6 is 0 Å². The molecule has 0 bridgehead atoms. The maximum Gasteiger partial charge on any atom is 0.00671 e. The van der Waals surface area contributed by atoms with Crippen molar-refractivity contribution in [3.05, 3.63) is 0 Å². The third-order valence-corrected chi connectivity index (χ3v) is 3.96. The van der Waals surface area contributed by atoms with Crippen LogP contribution in [0.4, 0.5) is 0 Å². The van der Waals surface area contributed by atoms with E-state index in [1.807, 2.05) is 0 Å². The largest absolute Gasteiger partial charge is 0.314 e. The van der Waals surface area contributed by atoms with Gasteiger partial charge in [-0.15, -0.1) is 0 Å². The number of hydrogen-bond acceptors (Lipinski definition) is 1. The van der Waals surface area contributed by atoms with E-state index in [0.29, 0.717) is 0 Å². The first-order valence-electron chi connectivity index (χ1n) is 8.10. The molecule has 1 nitrogen and oxygen atoms in total. The fraction of sp³-hybridized carbons (Fsp3) is 1.00. The van der Waals surface area contributed by atoms with E-state index in [-0.39, 0.29) is 0 Å². The molecule has 0 aromatic heterocycles. The maximum absolute atomic E-state index is 3.74. The monoisotopic (exact) mass is 239 g/mol. The molecule has 102 valence electrons. The molecule has 1 fully saturated rings. The van der Waals surface area contributed by atoms with Crippen molar-refractivity contribution < 1.29 is 0 Å². The Hall–Kier alpha value is -0.0400. The lowest BCUT2D eigenvalue weighted by Crippen LogP contribution is -2.29. The van der Waals surface area contributed by atoms with Gasteiger partial charge in [0.05, 0.1) is 0 Å². The Morgan fingerprint density at radius 1 is 0.941 bits per heavy atom. The van der Waals surface area contributed by atoms with Crippen molar-refractivity contribution in [2.75, 3.05) is 6.54 Å². The zero-order valence-corrected chi connectivity index (χ0v) is 12.1. The summed E-state index contributed by atoms with van der Waals surface area (Å²) >= 11 is 0. The second-order valence-electron chi connectivity index (χ2n) is 5.87. The zero-order chi connectivity index (χ0) is 12.3. The standard InChI is InChI=1S/C16H33N/c1-3-5-6-7-8-9-16(17-14-4-2)13-12-15-10-11-15/h15-17H,3-14H2,1-2H3. The lowest BCUT2D eigenvalue weighted by atomic mass is 10.0. The van der Waals surface area contributed by atoms with E-state index >= 15 is 0 Å². The van der Waals surface area contributed by atoms with E-state index in [1.165, 1.54) is 77.2 Å². The quantitative estimate of drug-likeness (QED) is 0.477. The SMILES string of the molecule is CCCCCCCC(CCC1CC1)NCCC. The maximum atomic E-state index is 3.74. The Morgan fingerprint density at radius 3 is 2.35 bits per heavy atom. The molecule has 0 amide bonds. The van der Waals surface area contributed by atoms with Crippen LogP contribution in [-0.2, 0) is 0 Å². The minimum absolute atomic E-state index is 0.817. The van der Waals surface area contributed by atoms with E-state index in [1.54, 1.807) is 0 Å². The smallest absolute Gasteiger partial charge is 0.00671 e. The second kappa shape index (κ2) is 9.94. The number of rotatable bonds is 12. The van der Waals surface area contributed by atoms with Gasteiger partial charge in [0.25, 0.3) is 0 Å². The highest BCUT2D eigenvalue weighted by Gasteiger charge is 2.22. The Morgan fingerprint density at radius 2 is 1.71 bits per heavy atom. The van der Waals surface area contributed by atoms with Gasteiger partial charge in [0.1, 0.15) is 0 Å². The first-order valence-corrected chi connectivity index (χ1v) is 8.10. The lowest BCUT2D eigenvalue weighted by molar-refractivity contribution is 0.413. The first kappa shape index (κ1) is 15.0. The summed E-state index contributed by atoms with van der Waals surface area (Å²) in [7, 11) is 0. The van der Waals surface area contributed by atoms with Crippen LogP contribution in [0.1, 0.15) is 84.5 Å². The van der Waals surface area contributed by atoms with Crippen LogP contribution in [0.25, 0.3) is 0 Å². The van der Waals surface area contributed by atoms with Gasteiger partial charge in [0.2, 0.25) is 0 Å². The van der Waals surface area contributed by atoms with Gasteiger partial charge in [0, 0.05) is 6.04 Å². The number of unbranched alkanes of at least 4 members (excludes halogenated alkanes) is 4. The summed E-state index contributed by atoms with van der Waals surface area (Å²) in [5.74, 6) is 1.10. The fourth-order valence-corrected chi connectivity index (χ4v) is 2.53. The van der Waals surface area contributed by atoms with Gasteiger partial charge >= 0.3 is 0 Å². The highest BCUT2D eigenvalue weighted by Crippen LogP contribution is 2.34. The van der Waals surface area contributed by atoms with E-state index in [9.17, 15) is 0 Å². The summed E-state index contributed by atoms with van der Waals surface area (Å²) < 4.78 is 0. The zero-order valence-electron chi connectivity index (χ0n) is 12.1. The Kier molecular flexibility index (Phi) is 8.78. The van der Waals surface area contributed by atoms with Crippen LogP contribution in [0, 0.1) is 5.92 Å².